The number of carboxylic acids is 1. The molecule has 1 atom stereocenters. The first-order valence-corrected chi connectivity index (χ1v) is 19.9. The third kappa shape index (κ3) is 10.7. The fourth-order valence-corrected chi connectivity index (χ4v) is 9.06. The second-order valence-corrected chi connectivity index (χ2v) is 16.5. The number of rotatable bonds is 9. The number of carboxylic acid groups (broad SMARTS) is 1. The number of aromatic nitrogens is 1. The molecule has 3 aromatic rings. The third-order valence-corrected chi connectivity index (χ3v) is 12.5. The first-order valence-electron chi connectivity index (χ1n) is 17.2. The van der Waals surface area contributed by atoms with Crippen LogP contribution in [0.1, 0.15) is 50.0 Å². The first kappa shape index (κ1) is 39.9. The zero-order valence-corrected chi connectivity index (χ0v) is 30.9. The molecule has 17 heteroatoms. The number of alkyl halides is 3. The lowest BCUT2D eigenvalue weighted by Gasteiger charge is -2.42. The van der Waals surface area contributed by atoms with Crippen LogP contribution < -0.4 is 10.5 Å². The van der Waals surface area contributed by atoms with Crippen LogP contribution in [0, 0.1) is 5.92 Å². The standard InChI is InChI=1S/C33H42ClN5O4S2.C2HF3O2/c34-26-8-6-25(7-9-26)30-23-44-32(36-30)21-37-18-19-39(31(20-37)33(40)38-16-14-27(35)15-17-38)45(41,42)29-12-10-28(11-13-29)43-22-24-4-2-1-3-5-24;3-2(4,5)1(6)7/h6-13,23-24,27,31H,1-5,14-22,35H2;(H,6,7)/t31-;/m0./s1. The Hall–Kier alpha value is -3.28. The molecule has 1 aliphatic carbocycles. The summed E-state index contributed by atoms with van der Waals surface area (Å²) in [5.41, 5.74) is 7.97. The summed E-state index contributed by atoms with van der Waals surface area (Å²) in [5.74, 6) is -1.69. The van der Waals surface area contributed by atoms with Crippen LogP contribution in [0.4, 0.5) is 13.2 Å². The van der Waals surface area contributed by atoms with Gasteiger partial charge in [-0.1, -0.05) is 43.0 Å². The molecule has 0 radical (unpaired) electrons. The Balaban J connectivity index is 0.000000679. The van der Waals surface area contributed by atoms with E-state index in [0.717, 1.165) is 16.3 Å². The Labute approximate surface area is 310 Å². The normalized spacial score (nSPS) is 19.9. The average molecular weight is 786 g/mol. The molecule has 1 saturated carbocycles. The molecule has 2 aromatic carbocycles. The van der Waals surface area contributed by atoms with E-state index in [-0.39, 0.29) is 23.4 Å². The van der Waals surface area contributed by atoms with Crippen molar-refractivity contribution in [3.05, 3.63) is 63.9 Å². The minimum absolute atomic E-state index is 0.0651. The molecule has 284 valence electrons. The van der Waals surface area contributed by atoms with Gasteiger partial charge in [-0.25, -0.2) is 18.2 Å². The number of nitrogens with zero attached hydrogens (tertiary/aromatic N) is 4. The van der Waals surface area contributed by atoms with Crippen molar-refractivity contribution in [2.45, 2.75) is 74.6 Å². The van der Waals surface area contributed by atoms with Crippen molar-refractivity contribution in [1.82, 2.24) is 19.1 Å². The molecule has 1 aromatic heterocycles. The van der Waals surface area contributed by atoms with Crippen molar-refractivity contribution in [2.75, 3.05) is 39.3 Å². The topological polar surface area (TPSA) is 146 Å². The third-order valence-electron chi connectivity index (χ3n) is 9.49. The fraction of sp³-hybridized carbons (Fsp3) is 0.514. The van der Waals surface area contributed by atoms with Crippen molar-refractivity contribution in [1.29, 1.82) is 0 Å². The predicted molar refractivity (Wildman–Crippen MR) is 192 cm³/mol. The number of halogens is 4. The Morgan fingerprint density at radius 2 is 1.60 bits per heavy atom. The molecule has 0 unspecified atom stereocenters. The van der Waals surface area contributed by atoms with Crippen molar-refractivity contribution in [2.24, 2.45) is 11.7 Å². The van der Waals surface area contributed by atoms with Crippen LogP contribution in [0.5, 0.6) is 5.75 Å². The Bertz CT molecular complexity index is 1750. The lowest BCUT2D eigenvalue weighted by molar-refractivity contribution is -0.192. The molecule has 1 amide bonds. The molecular formula is C35H43ClF3N5O6S2. The summed E-state index contributed by atoms with van der Waals surface area (Å²) < 4.78 is 67.3. The smallest absolute Gasteiger partial charge is 0.490 e. The maximum absolute atomic E-state index is 14.1. The maximum Gasteiger partial charge on any atom is 0.490 e. The number of hydrogen-bond acceptors (Lipinski definition) is 9. The largest absolute Gasteiger partial charge is 0.493 e. The van der Waals surface area contributed by atoms with Gasteiger partial charge in [-0.15, -0.1) is 11.3 Å². The monoisotopic (exact) mass is 785 g/mol. The van der Waals surface area contributed by atoms with E-state index in [4.69, 9.17) is 37.0 Å². The van der Waals surface area contributed by atoms with Crippen LogP contribution in [0.2, 0.25) is 5.02 Å². The van der Waals surface area contributed by atoms with Crippen molar-refractivity contribution in [3.63, 3.8) is 0 Å². The highest BCUT2D eigenvalue weighted by Gasteiger charge is 2.42. The van der Waals surface area contributed by atoms with Gasteiger partial charge in [0.1, 0.15) is 16.8 Å². The molecule has 3 fully saturated rings. The van der Waals surface area contributed by atoms with Gasteiger partial charge in [0.25, 0.3) is 0 Å². The van der Waals surface area contributed by atoms with E-state index in [1.165, 1.54) is 36.4 Å². The first-order chi connectivity index (χ1) is 24.7. The number of likely N-dealkylation sites (tertiary alicyclic amines) is 1. The summed E-state index contributed by atoms with van der Waals surface area (Å²) in [4.78, 5) is 31.8. The van der Waals surface area contributed by atoms with Gasteiger partial charge in [0.05, 0.1) is 23.7 Å². The minimum atomic E-state index is -5.08. The zero-order valence-electron chi connectivity index (χ0n) is 28.5. The van der Waals surface area contributed by atoms with E-state index >= 15 is 0 Å². The molecule has 6 rings (SSSR count). The molecule has 3 N–H and O–H groups in total. The second kappa shape index (κ2) is 17.7. The zero-order chi connectivity index (χ0) is 37.5. The number of aliphatic carboxylic acids is 1. The molecular weight excluding hydrogens is 743 g/mol. The van der Waals surface area contributed by atoms with Crippen molar-refractivity contribution >= 4 is 44.8 Å². The quantitative estimate of drug-likeness (QED) is 0.272. The number of piperazine rings is 1. The fourth-order valence-electron chi connectivity index (χ4n) is 6.53. The highest BCUT2D eigenvalue weighted by molar-refractivity contribution is 7.89. The highest BCUT2D eigenvalue weighted by atomic mass is 35.5. The van der Waals surface area contributed by atoms with Crippen LogP contribution in [0.15, 0.2) is 58.8 Å². The van der Waals surface area contributed by atoms with Gasteiger partial charge in [0.15, 0.2) is 0 Å². The van der Waals surface area contributed by atoms with Gasteiger partial charge >= 0.3 is 12.1 Å². The van der Waals surface area contributed by atoms with E-state index in [1.807, 2.05) is 29.6 Å². The van der Waals surface area contributed by atoms with Crippen LogP contribution in [-0.4, -0.2) is 102 Å². The Morgan fingerprint density at radius 3 is 2.21 bits per heavy atom. The molecule has 52 heavy (non-hydrogen) atoms. The van der Waals surface area contributed by atoms with E-state index in [2.05, 4.69) is 4.90 Å². The van der Waals surface area contributed by atoms with E-state index in [9.17, 15) is 26.4 Å². The van der Waals surface area contributed by atoms with Gasteiger partial charge in [0.2, 0.25) is 15.9 Å². The average Bonchev–Trinajstić information content (AvgIpc) is 3.60. The molecule has 2 saturated heterocycles. The molecule has 0 spiro atoms. The number of thiazole rings is 1. The minimum Gasteiger partial charge on any atom is -0.493 e. The number of hydrogen-bond donors (Lipinski definition) is 2. The summed E-state index contributed by atoms with van der Waals surface area (Å²) in [5, 5.41) is 10.7. The van der Waals surface area contributed by atoms with Crippen LogP contribution in [0.25, 0.3) is 11.3 Å². The van der Waals surface area contributed by atoms with Crippen LogP contribution >= 0.6 is 22.9 Å². The maximum atomic E-state index is 14.1. The van der Waals surface area contributed by atoms with E-state index < -0.39 is 28.2 Å². The van der Waals surface area contributed by atoms with Crippen LogP contribution in [-0.2, 0) is 26.2 Å². The summed E-state index contributed by atoms with van der Waals surface area (Å²) in [6, 6.07) is 13.5. The summed E-state index contributed by atoms with van der Waals surface area (Å²) in [6.45, 7) is 3.26. The summed E-state index contributed by atoms with van der Waals surface area (Å²) in [6.07, 6.45) is 2.50. The lowest BCUT2D eigenvalue weighted by atomic mass is 9.90. The number of ether oxygens (including phenoxy) is 1. The number of nitrogens with two attached hydrogens (primary N) is 1. The lowest BCUT2D eigenvalue weighted by Crippen LogP contribution is -2.61. The number of amides is 1. The Morgan fingerprint density at radius 1 is 0.962 bits per heavy atom. The van der Waals surface area contributed by atoms with E-state index in [0.29, 0.717) is 68.9 Å². The summed E-state index contributed by atoms with van der Waals surface area (Å²) >= 11 is 7.61. The number of sulfonamides is 1. The van der Waals surface area contributed by atoms with Crippen molar-refractivity contribution in [3.8, 4) is 17.0 Å². The number of benzene rings is 2. The van der Waals surface area contributed by atoms with Crippen LogP contribution in [0.3, 0.4) is 0 Å². The molecule has 11 nitrogen and oxygen atoms in total. The number of carbonyl (C=O) groups is 2. The number of piperidine rings is 1. The number of carbonyl (C=O) groups excluding carboxylic acids is 1. The van der Waals surface area contributed by atoms with Gasteiger partial charge in [0, 0.05) is 54.7 Å². The highest BCUT2D eigenvalue weighted by Crippen LogP contribution is 2.29. The van der Waals surface area contributed by atoms with E-state index in [1.54, 1.807) is 40.5 Å². The molecule has 3 heterocycles. The predicted octanol–water partition coefficient (Wildman–Crippen LogP) is 5.88. The van der Waals surface area contributed by atoms with Gasteiger partial charge < -0.3 is 20.5 Å². The van der Waals surface area contributed by atoms with Gasteiger partial charge in [-0.05, 0) is 68.0 Å². The molecule has 3 aliphatic rings. The summed E-state index contributed by atoms with van der Waals surface area (Å²) in [7, 11) is -3.93. The SMILES string of the molecule is NC1CCN(C(=O)[C@@H]2CN(Cc3nc(-c4ccc(Cl)cc4)cs3)CCN2S(=O)(=O)c2ccc(OCC3CCCCC3)cc2)CC1.O=C(O)C(F)(F)F. The van der Waals surface area contributed by atoms with Crippen molar-refractivity contribution < 1.29 is 41.0 Å². The van der Waals surface area contributed by atoms with Gasteiger partial charge in [-0.3, -0.25) is 9.69 Å². The molecule has 2 aliphatic heterocycles. The Kier molecular flexibility index (Phi) is 13.6. The second-order valence-electron chi connectivity index (χ2n) is 13.3. The molecule has 0 bridgehead atoms. The van der Waals surface area contributed by atoms with Gasteiger partial charge in [-0.2, -0.15) is 17.5 Å².